The second-order valence-corrected chi connectivity index (χ2v) is 7.64. The number of carbonyl (C=O) groups excluding carboxylic acids is 1. The third kappa shape index (κ3) is 2.62. The molecule has 0 unspecified atom stereocenters. The number of nitrogens with zero attached hydrogens (tertiary/aromatic N) is 3. The van der Waals surface area contributed by atoms with Crippen molar-refractivity contribution in [3.8, 4) is 0 Å². The molecule has 24 heavy (non-hydrogen) atoms. The van der Waals surface area contributed by atoms with Crippen molar-refractivity contribution in [2.24, 2.45) is 0 Å². The van der Waals surface area contributed by atoms with Crippen LogP contribution in [0.1, 0.15) is 53.7 Å². The molecule has 3 aliphatic rings. The average molecular weight is 330 g/mol. The van der Waals surface area contributed by atoms with Crippen LogP contribution in [0.3, 0.4) is 0 Å². The van der Waals surface area contributed by atoms with Crippen LogP contribution in [0.5, 0.6) is 0 Å². The molecule has 130 valence electrons. The monoisotopic (exact) mass is 330 g/mol. The number of piperidine rings is 1. The van der Waals surface area contributed by atoms with Gasteiger partial charge in [0, 0.05) is 30.9 Å². The number of nitrogens with one attached hydrogen (secondary N) is 1. The summed E-state index contributed by atoms with van der Waals surface area (Å²) in [5, 5.41) is 8.76. The van der Waals surface area contributed by atoms with Crippen molar-refractivity contribution in [3.05, 3.63) is 29.1 Å². The first kappa shape index (κ1) is 16.0. The molecule has 1 spiro atoms. The van der Waals surface area contributed by atoms with Crippen LogP contribution in [0.2, 0.25) is 0 Å². The molecular weight excluding hydrogens is 304 g/mol. The van der Waals surface area contributed by atoms with E-state index in [1.807, 2.05) is 6.07 Å². The lowest BCUT2D eigenvalue weighted by atomic mass is 9.68. The van der Waals surface area contributed by atoms with Gasteiger partial charge in [0.05, 0.1) is 11.3 Å². The van der Waals surface area contributed by atoms with Crippen molar-refractivity contribution in [1.82, 2.24) is 20.3 Å². The molecule has 2 aliphatic heterocycles. The topological polar surface area (TPSA) is 68.7 Å². The van der Waals surface area contributed by atoms with Gasteiger partial charge in [-0.2, -0.15) is 0 Å². The van der Waals surface area contributed by atoms with Gasteiger partial charge in [-0.3, -0.25) is 19.9 Å². The van der Waals surface area contributed by atoms with E-state index in [-0.39, 0.29) is 0 Å². The fourth-order valence-electron chi connectivity index (χ4n) is 4.69. The van der Waals surface area contributed by atoms with Gasteiger partial charge in [-0.05, 0) is 63.7 Å². The molecule has 1 saturated heterocycles. The molecule has 1 saturated carbocycles. The number of fused-ring (bicyclic) bond motifs is 1. The number of hydrogen-bond donors (Lipinski definition) is 2. The maximum absolute atomic E-state index is 11.5. The molecule has 6 heteroatoms. The summed E-state index contributed by atoms with van der Waals surface area (Å²) in [5.74, 6) is -0.491. The van der Waals surface area contributed by atoms with Crippen molar-refractivity contribution in [2.45, 2.75) is 56.7 Å². The van der Waals surface area contributed by atoms with E-state index < -0.39 is 5.91 Å². The number of pyridine rings is 1. The summed E-state index contributed by atoms with van der Waals surface area (Å²) in [6, 6.07) is 2.52. The van der Waals surface area contributed by atoms with Gasteiger partial charge in [0.25, 0.3) is 5.91 Å². The zero-order chi connectivity index (χ0) is 16.7. The number of aromatic nitrogens is 1. The van der Waals surface area contributed by atoms with E-state index in [1.54, 1.807) is 11.7 Å². The summed E-state index contributed by atoms with van der Waals surface area (Å²) in [5.41, 5.74) is 4.79. The van der Waals surface area contributed by atoms with Crippen molar-refractivity contribution in [2.75, 3.05) is 20.1 Å². The van der Waals surface area contributed by atoms with Crippen molar-refractivity contribution >= 4 is 5.91 Å². The minimum absolute atomic E-state index is 0.428. The molecule has 1 atom stereocenters. The SMILES string of the molecule is CN1CC[C@@H](N2CCc3cc(C(=O)NO)cnc3C2)CC12CCC2. The number of likely N-dealkylation sites (tertiary alicyclic amines) is 1. The van der Waals surface area contributed by atoms with Gasteiger partial charge in [-0.1, -0.05) is 0 Å². The Bertz CT molecular complexity index is 644. The van der Waals surface area contributed by atoms with E-state index in [1.165, 1.54) is 38.6 Å². The highest BCUT2D eigenvalue weighted by atomic mass is 16.5. The Kier molecular flexibility index (Phi) is 4.06. The Balaban J connectivity index is 1.47. The average Bonchev–Trinajstić information content (AvgIpc) is 2.59. The Morgan fingerprint density at radius 3 is 2.96 bits per heavy atom. The largest absolute Gasteiger partial charge is 0.301 e. The quantitative estimate of drug-likeness (QED) is 0.636. The van der Waals surface area contributed by atoms with Crippen LogP contribution < -0.4 is 5.48 Å². The molecule has 0 bridgehead atoms. The zero-order valence-corrected chi connectivity index (χ0v) is 14.3. The summed E-state index contributed by atoms with van der Waals surface area (Å²) in [4.78, 5) is 21.2. The first-order valence-electron chi connectivity index (χ1n) is 8.99. The highest BCUT2D eigenvalue weighted by Crippen LogP contribution is 2.45. The normalized spacial score (nSPS) is 26.7. The van der Waals surface area contributed by atoms with Crippen LogP contribution in [-0.4, -0.2) is 57.6 Å². The molecule has 1 aliphatic carbocycles. The molecule has 6 nitrogen and oxygen atoms in total. The Morgan fingerprint density at radius 1 is 1.42 bits per heavy atom. The molecule has 2 N–H and O–H groups in total. The summed E-state index contributed by atoms with van der Waals surface area (Å²) in [6.45, 7) is 3.10. The molecule has 1 aromatic heterocycles. The summed E-state index contributed by atoms with van der Waals surface area (Å²) < 4.78 is 0. The molecule has 0 aromatic carbocycles. The highest BCUT2D eigenvalue weighted by Gasteiger charge is 2.46. The number of rotatable bonds is 2. The van der Waals surface area contributed by atoms with Crippen LogP contribution in [0, 0.1) is 0 Å². The summed E-state index contributed by atoms with van der Waals surface area (Å²) in [7, 11) is 2.29. The maximum atomic E-state index is 11.5. The lowest BCUT2D eigenvalue weighted by Crippen LogP contribution is -2.60. The molecule has 1 aromatic rings. The van der Waals surface area contributed by atoms with Crippen molar-refractivity contribution in [3.63, 3.8) is 0 Å². The Labute approximate surface area is 142 Å². The van der Waals surface area contributed by atoms with Crippen LogP contribution in [0.25, 0.3) is 0 Å². The minimum Gasteiger partial charge on any atom is -0.301 e. The van der Waals surface area contributed by atoms with Gasteiger partial charge in [0.2, 0.25) is 0 Å². The van der Waals surface area contributed by atoms with E-state index in [9.17, 15) is 4.79 Å². The lowest BCUT2D eigenvalue weighted by molar-refractivity contribution is -0.0387. The van der Waals surface area contributed by atoms with E-state index in [0.717, 1.165) is 30.8 Å². The van der Waals surface area contributed by atoms with Crippen LogP contribution in [0.15, 0.2) is 12.3 Å². The number of carbonyl (C=O) groups is 1. The van der Waals surface area contributed by atoms with Crippen LogP contribution in [0.4, 0.5) is 0 Å². The highest BCUT2D eigenvalue weighted by molar-refractivity contribution is 5.93. The molecule has 4 rings (SSSR count). The van der Waals surface area contributed by atoms with Gasteiger partial charge in [0.15, 0.2) is 0 Å². The molecule has 2 fully saturated rings. The standard InChI is InChI=1S/C18H26N4O2/c1-21-7-4-15(10-18(21)5-2-6-18)22-8-3-13-9-14(17(23)20-24)11-19-16(13)12-22/h9,11,15,24H,2-8,10,12H2,1H3,(H,20,23)/t15-/m1/s1. The third-order valence-corrected chi connectivity index (χ3v) is 6.47. The summed E-state index contributed by atoms with van der Waals surface area (Å²) >= 11 is 0. The van der Waals surface area contributed by atoms with E-state index in [4.69, 9.17) is 5.21 Å². The number of hydroxylamine groups is 1. The van der Waals surface area contributed by atoms with E-state index in [0.29, 0.717) is 17.1 Å². The van der Waals surface area contributed by atoms with Gasteiger partial charge in [-0.15, -0.1) is 0 Å². The Hall–Kier alpha value is -1.50. The first-order chi connectivity index (χ1) is 11.6. The predicted molar refractivity (Wildman–Crippen MR) is 89.8 cm³/mol. The van der Waals surface area contributed by atoms with E-state index >= 15 is 0 Å². The molecule has 0 radical (unpaired) electrons. The maximum Gasteiger partial charge on any atom is 0.276 e. The van der Waals surface area contributed by atoms with Gasteiger partial charge in [0.1, 0.15) is 0 Å². The first-order valence-corrected chi connectivity index (χ1v) is 8.99. The summed E-state index contributed by atoms with van der Waals surface area (Å²) in [6.07, 6.45) is 9.08. The second kappa shape index (κ2) is 6.10. The number of amides is 1. The van der Waals surface area contributed by atoms with Gasteiger partial charge < -0.3 is 4.90 Å². The third-order valence-electron chi connectivity index (χ3n) is 6.47. The predicted octanol–water partition coefficient (Wildman–Crippen LogP) is 1.58. The van der Waals surface area contributed by atoms with Crippen molar-refractivity contribution in [1.29, 1.82) is 0 Å². The molecular formula is C18H26N4O2. The second-order valence-electron chi connectivity index (χ2n) is 7.64. The van der Waals surface area contributed by atoms with E-state index in [2.05, 4.69) is 21.8 Å². The zero-order valence-electron chi connectivity index (χ0n) is 14.3. The van der Waals surface area contributed by atoms with Crippen LogP contribution in [-0.2, 0) is 13.0 Å². The fraction of sp³-hybridized carbons (Fsp3) is 0.667. The van der Waals surface area contributed by atoms with Gasteiger partial charge in [-0.25, -0.2) is 5.48 Å². The van der Waals surface area contributed by atoms with Crippen LogP contribution >= 0.6 is 0 Å². The Morgan fingerprint density at radius 2 is 2.25 bits per heavy atom. The fourth-order valence-corrected chi connectivity index (χ4v) is 4.69. The molecule has 3 heterocycles. The smallest absolute Gasteiger partial charge is 0.276 e. The van der Waals surface area contributed by atoms with Gasteiger partial charge >= 0.3 is 0 Å². The molecule has 1 amide bonds. The minimum atomic E-state index is -0.491. The number of hydrogen-bond acceptors (Lipinski definition) is 5. The lowest BCUT2D eigenvalue weighted by Gasteiger charge is -2.56. The van der Waals surface area contributed by atoms with Crippen molar-refractivity contribution < 1.29 is 10.0 Å².